The van der Waals surface area contributed by atoms with Gasteiger partial charge in [0.1, 0.15) is 5.75 Å². The third-order valence-electron chi connectivity index (χ3n) is 3.57. The average molecular weight is 293 g/mol. The van der Waals surface area contributed by atoms with Crippen LogP contribution in [0.5, 0.6) is 5.75 Å². The summed E-state index contributed by atoms with van der Waals surface area (Å²) in [5, 5.41) is 0.692. The largest absolute Gasteiger partial charge is 0.493 e. The maximum atomic E-state index is 5.95. The molecule has 0 amide bonds. The van der Waals surface area contributed by atoms with Crippen LogP contribution in [0.25, 0.3) is 0 Å². The van der Waals surface area contributed by atoms with Gasteiger partial charge in [-0.2, -0.15) is 0 Å². The van der Waals surface area contributed by atoms with Gasteiger partial charge in [0.15, 0.2) is 0 Å². The van der Waals surface area contributed by atoms with E-state index in [1.54, 1.807) is 0 Å². The Hall–Kier alpha value is -1.18. The number of ether oxygens (including phenoxy) is 1. The number of halogens is 2. The van der Waals surface area contributed by atoms with E-state index >= 15 is 0 Å². The van der Waals surface area contributed by atoms with Gasteiger partial charge in [0.25, 0.3) is 0 Å². The van der Waals surface area contributed by atoms with Gasteiger partial charge in [-0.3, -0.25) is 0 Å². The number of benzene rings is 2. The van der Waals surface area contributed by atoms with Crippen molar-refractivity contribution in [3.63, 3.8) is 0 Å². The minimum atomic E-state index is 0.414. The highest BCUT2D eigenvalue weighted by atomic mass is 35.5. The average Bonchev–Trinajstić information content (AvgIpc) is 2.41. The van der Waals surface area contributed by atoms with E-state index < -0.39 is 0 Å². The number of hydrogen-bond acceptors (Lipinski definition) is 1. The predicted octanol–water partition coefficient (Wildman–Crippen LogP) is 4.80. The van der Waals surface area contributed by atoms with Gasteiger partial charge in [0.05, 0.1) is 12.5 Å². The fourth-order valence-electron chi connectivity index (χ4n) is 2.50. The van der Waals surface area contributed by atoms with E-state index in [2.05, 4.69) is 24.3 Å². The van der Waals surface area contributed by atoms with Gasteiger partial charge in [0.2, 0.25) is 0 Å². The quantitative estimate of drug-likeness (QED) is 0.736. The number of rotatable bonds is 4. The molecule has 3 heteroatoms. The number of alkyl halides is 1. The standard InChI is InChI=1S/C16H14Cl2O/c17-9-12-8-14(18)5-6-16(12)19-10-13-7-11-3-1-2-4-15(11)13/h1-6,8,13H,7,9-10H2. The SMILES string of the molecule is ClCc1cc(Cl)ccc1OCC1Cc2ccccc21. The molecule has 98 valence electrons. The smallest absolute Gasteiger partial charge is 0.123 e. The topological polar surface area (TPSA) is 9.23 Å². The van der Waals surface area contributed by atoms with E-state index in [0.29, 0.717) is 23.4 Å². The lowest BCUT2D eigenvalue weighted by molar-refractivity contribution is 0.273. The van der Waals surface area contributed by atoms with Crippen LogP contribution in [0.1, 0.15) is 22.6 Å². The zero-order chi connectivity index (χ0) is 13.2. The van der Waals surface area contributed by atoms with Crippen molar-refractivity contribution in [3.8, 4) is 5.75 Å². The molecule has 0 saturated carbocycles. The molecule has 0 heterocycles. The molecule has 0 bridgehead atoms. The van der Waals surface area contributed by atoms with Crippen LogP contribution in [-0.2, 0) is 12.3 Å². The van der Waals surface area contributed by atoms with Crippen molar-refractivity contribution in [1.82, 2.24) is 0 Å². The Morgan fingerprint density at radius 1 is 1.16 bits per heavy atom. The molecular weight excluding hydrogens is 279 g/mol. The molecule has 1 unspecified atom stereocenters. The summed E-state index contributed by atoms with van der Waals surface area (Å²) in [6.45, 7) is 0.697. The second-order valence-electron chi connectivity index (χ2n) is 4.80. The van der Waals surface area contributed by atoms with Gasteiger partial charge in [0, 0.05) is 16.5 Å². The van der Waals surface area contributed by atoms with Crippen molar-refractivity contribution in [2.75, 3.05) is 6.61 Å². The van der Waals surface area contributed by atoms with Gasteiger partial charge in [-0.25, -0.2) is 0 Å². The fourth-order valence-corrected chi connectivity index (χ4v) is 2.90. The molecule has 0 aromatic heterocycles. The molecule has 0 spiro atoms. The second-order valence-corrected chi connectivity index (χ2v) is 5.50. The lowest BCUT2D eigenvalue weighted by Crippen LogP contribution is -2.23. The summed E-state index contributed by atoms with van der Waals surface area (Å²) in [4.78, 5) is 0. The maximum absolute atomic E-state index is 5.95. The van der Waals surface area contributed by atoms with Crippen molar-refractivity contribution in [2.45, 2.75) is 18.2 Å². The molecule has 0 fully saturated rings. The zero-order valence-electron chi connectivity index (χ0n) is 10.4. The zero-order valence-corrected chi connectivity index (χ0v) is 11.9. The molecule has 0 N–H and O–H groups in total. The molecule has 0 radical (unpaired) electrons. The van der Waals surface area contributed by atoms with Crippen molar-refractivity contribution in [3.05, 3.63) is 64.2 Å². The third kappa shape index (κ3) is 2.58. The minimum absolute atomic E-state index is 0.414. The molecule has 1 aliphatic rings. The number of hydrogen-bond donors (Lipinski definition) is 0. The first kappa shape index (κ1) is 12.8. The van der Waals surface area contributed by atoms with Gasteiger partial charge in [-0.05, 0) is 35.7 Å². The molecule has 1 atom stereocenters. The Bertz CT molecular complexity index is 595. The van der Waals surface area contributed by atoms with Crippen molar-refractivity contribution in [2.24, 2.45) is 0 Å². The Labute approximate surface area is 123 Å². The summed E-state index contributed by atoms with van der Waals surface area (Å²) in [6.07, 6.45) is 1.10. The highest BCUT2D eigenvalue weighted by molar-refractivity contribution is 6.30. The minimum Gasteiger partial charge on any atom is -0.493 e. The summed E-state index contributed by atoms with van der Waals surface area (Å²) < 4.78 is 5.90. The van der Waals surface area contributed by atoms with E-state index in [-0.39, 0.29) is 0 Å². The van der Waals surface area contributed by atoms with Gasteiger partial charge < -0.3 is 4.74 Å². The Morgan fingerprint density at radius 3 is 2.79 bits per heavy atom. The van der Waals surface area contributed by atoms with Crippen LogP contribution >= 0.6 is 23.2 Å². The highest BCUT2D eigenvalue weighted by Crippen LogP contribution is 2.35. The lowest BCUT2D eigenvalue weighted by Gasteiger charge is -2.30. The predicted molar refractivity (Wildman–Crippen MR) is 79.4 cm³/mol. The van der Waals surface area contributed by atoms with Gasteiger partial charge in [-0.15, -0.1) is 11.6 Å². The summed E-state index contributed by atoms with van der Waals surface area (Å²) in [7, 11) is 0. The molecule has 19 heavy (non-hydrogen) atoms. The van der Waals surface area contributed by atoms with Crippen LogP contribution in [0.3, 0.4) is 0 Å². The van der Waals surface area contributed by atoms with Crippen molar-refractivity contribution >= 4 is 23.2 Å². The molecule has 0 saturated heterocycles. The summed E-state index contributed by atoms with van der Waals surface area (Å²) in [5.41, 5.74) is 3.79. The van der Waals surface area contributed by atoms with Crippen LogP contribution < -0.4 is 4.74 Å². The lowest BCUT2D eigenvalue weighted by atomic mass is 9.78. The Balaban J connectivity index is 1.68. The maximum Gasteiger partial charge on any atom is 0.123 e. The van der Waals surface area contributed by atoms with E-state index in [1.165, 1.54) is 11.1 Å². The Morgan fingerprint density at radius 2 is 2.00 bits per heavy atom. The Kier molecular flexibility index (Phi) is 3.67. The highest BCUT2D eigenvalue weighted by Gasteiger charge is 2.26. The first-order chi connectivity index (χ1) is 9.28. The summed E-state index contributed by atoms with van der Waals surface area (Å²) >= 11 is 11.9. The molecule has 0 aliphatic heterocycles. The van der Waals surface area contributed by atoms with Crippen molar-refractivity contribution < 1.29 is 4.74 Å². The van der Waals surface area contributed by atoms with Crippen LogP contribution in [-0.4, -0.2) is 6.61 Å². The first-order valence-corrected chi connectivity index (χ1v) is 7.24. The summed E-state index contributed by atoms with van der Waals surface area (Å²) in [5.74, 6) is 1.75. The molecule has 1 nitrogen and oxygen atoms in total. The van der Waals surface area contributed by atoms with E-state index in [0.717, 1.165) is 17.7 Å². The van der Waals surface area contributed by atoms with Crippen LogP contribution in [0.4, 0.5) is 0 Å². The molecule has 2 aromatic carbocycles. The van der Waals surface area contributed by atoms with Crippen molar-refractivity contribution in [1.29, 1.82) is 0 Å². The molecule has 3 rings (SSSR count). The number of fused-ring (bicyclic) bond motifs is 1. The molecule has 2 aromatic rings. The van der Waals surface area contributed by atoms with E-state index in [4.69, 9.17) is 27.9 Å². The van der Waals surface area contributed by atoms with Crippen LogP contribution in [0.2, 0.25) is 5.02 Å². The molecular formula is C16H14Cl2O. The van der Waals surface area contributed by atoms with Crippen LogP contribution in [0, 0.1) is 0 Å². The second kappa shape index (κ2) is 5.44. The van der Waals surface area contributed by atoms with E-state index in [1.807, 2.05) is 18.2 Å². The normalized spacial score (nSPS) is 16.6. The first-order valence-electron chi connectivity index (χ1n) is 6.33. The monoisotopic (exact) mass is 292 g/mol. The van der Waals surface area contributed by atoms with Crippen LogP contribution in [0.15, 0.2) is 42.5 Å². The summed E-state index contributed by atoms with van der Waals surface area (Å²) in [6, 6.07) is 14.1. The fraction of sp³-hybridized carbons (Fsp3) is 0.250. The van der Waals surface area contributed by atoms with E-state index in [9.17, 15) is 0 Å². The molecule has 1 aliphatic carbocycles. The van der Waals surface area contributed by atoms with Gasteiger partial charge in [-0.1, -0.05) is 35.9 Å². The van der Waals surface area contributed by atoms with Gasteiger partial charge >= 0.3 is 0 Å². The third-order valence-corrected chi connectivity index (χ3v) is 4.09.